The smallest absolute Gasteiger partial charge is 0.279 e. The highest BCUT2D eigenvalue weighted by atomic mass is 32.1. The SMILES string of the molecule is NCC(CCc1ccc(Oc2nc3ccccc3s2)cc1)C1CC1. The van der Waals surface area contributed by atoms with E-state index in [0.717, 1.165) is 34.8 Å². The van der Waals surface area contributed by atoms with E-state index in [2.05, 4.69) is 23.2 Å². The van der Waals surface area contributed by atoms with Gasteiger partial charge in [0.2, 0.25) is 0 Å². The van der Waals surface area contributed by atoms with E-state index in [1.807, 2.05) is 30.3 Å². The van der Waals surface area contributed by atoms with Crippen LogP contribution in [-0.4, -0.2) is 11.5 Å². The molecule has 0 bridgehead atoms. The molecule has 4 rings (SSSR count). The van der Waals surface area contributed by atoms with Crippen LogP contribution in [0.5, 0.6) is 10.9 Å². The van der Waals surface area contributed by atoms with Gasteiger partial charge in [0.05, 0.1) is 10.2 Å². The minimum Gasteiger partial charge on any atom is -0.431 e. The van der Waals surface area contributed by atoms with E-state index in [-0.39, 0.29) is 0 Å². The van der Waals surface area contributed by atoms with Gasteiger partial charge in [-0.25, -0.2) is 4.98 Å². The van der Waals surface area contributed by atoms with Gasteiger partial charge in [0.25, 0.3) is 5.19 Å². The van der Waals surface area contributed by atoms with Crippen LogP contribution in [0.2, 0.25) is 0 Å². The Morgan fingerprint density at radius 3 is 2.62 bits per heavy atom. The fourth-order valence-electron chi connectivity index (χ4n) is 3.19. The zero-order valence-electron chi connectivity index (χ0n) is 13.7. The molecule has 2 aromatic carbocycles. The molecule has 0 amide bonds. The zero-order chi connectivity index (χ0) is 16.4. The topological polar surface area (TPSA) is 48.1 Å². The Morgan fingerprint density at radius 1 is 1.12 bits per heavy atom. The van der Waals surface area contributed by atoms with Crippen LogP contribution in [0.15, 0.2) is 48.5 Å². The molecule has 0 spiro atoms. The molecule has 24 heavy (non-hydrogen) atoms. The molecule has 0 saturated heterocycles. The number of aromatic nitrogens is 1. The number of ether oxygens (including phenoxy) is 1. The number of benzene rings is 2. The van der Waals surface area contributed by atoms with E-state index in [9.17, 15) is 0 Å². The Labute approximate surface area is 146 Å². The van der Waals surface area contributed by atoms with E-state index >= 15 is 0 Å². The number of aryl methyl sites for hydroxylation is 1. The monoisotopic (exact) mass is 338 g/mol. The van der Waals surface area contributed by atoms with Gasteiger partial charge in [-0.15, -0.1) is 0 Å². The van der Waals surface area contributed by atoms with Crippen LogP contribution in [0.3, 0.4) is 0 Å². The second-order valence-electron chi connectivity index (χ2n) is 6.57. The van der Waals surface area contributed by atoms with E-state index in [1.165, 1.54) is 24.8 Å². The standard InChI is InChI=1S/C20H22N2OS/c21-13-16(15-9-10-15)8-5-14-6-11-17(12-7-14)23-20-22-18-3-1-2-4-19(18)24-20/h1-4,6-7,11-12,15-16H,5,8-10,13,21H2. The fraction of sp³-hybridized carbons (Fsp3) is 0.350. The summed E-state index contributed by atoms with van der Waals surface area (Å²) in [7, 11) is 0. The largest absolute Gasteiger partial charge is 0.431 e. The van der Waals surface area contributed by atoms with Crippen molar-refractivity contribution in [1.82, 2.24) is 4.98 Å². The third-order valence-electron chi connectivity index (χ3n) is 4.80. The summed E-state index contributed by atoms with van der Waals surface area (Å²) < 4.78 is 7.05. The number of nitrogens with two attached hydrogens (primary N) is 1. The van der Waals surface area contributed by atoms with Crippen LogP contribution >= 0.6 is 11.3 Å². The summed E-state index contributed by atoms with van der Waals surface area (Å²) in [5.74, 6) is 2.43. The zero-order valence-corrected chi connectivity index (χ0v) is 14.5. The first-order chi connectivity index (χ1) is 11.8. The van der Waals surface area contributed by atoms with E-state index in [1.54, 1.807) is 11.3 Å². The first kappa shape index (κ1) is 15.6. The normalized spacial score (nSPS) is 15.5. The van der Waals surface area contributed by atoms with Crippen LogP contribution in [0.1, 0.15) is 24.8 Å². The maximum Gasteiger partial charge on any atom is 0.279 e. The van der Waals surface area contributed by atoms with E-state index in [0.29, 0.717) is 11.1 Å². The summed E-state index contributed by atoms with van der Waals surface area (Å²) in [4.78, 5) is 4.51. The molecule has 1 fully saturated rings. The molecular weight excluding hydrogens is 316 g/mol. The molecule has 1 aliphatic carbocycles. The number of hydrogen-bond donors (Lipinski definition) is 1. The van der Waals surface area contributed by atoms with Crippen molar-refractivity contribution >= 4 is 21.6 Å². The van der Waals surface area contributed by atoms with Crippen molar-refractivity contribution in [3.63, 3.8) is 0 Å². The number of nitrogens with zero attached hydrogens (tertiary/aromatic N) is 1. The average Bonchev–Trinajstić information content (AvgIpc) is 3.36. The van der Waals surface area contributed by atoms with Gasteiger partial charge in [-0.1, -0.05) is 35.6 Å². The van der Waals surface area contributed by atoms with Crippen LogP contribution < -0.4 is 10.5 Å². The van der Waals surface area contributed by atoms with Crippen molar-refractivity contribution < 1.29 is 4.74 Å². The minimum atomic E-state index is 0.695. The van der Waals surface area contributed by atoms with Gasteiger partial charge >= 0.3 is 0 Å². The Morgan fingerprint density at radius 2 is 1.92 bits per heavy atom. The predicted octanol–water partition coefficient (Wildman–Crippen LogP) is 5.01. The third-order valence-corrected chi connectivity index (χ3v) is 5.71. The summed E-state index contributed by atoms with van der Waals surface area (Å²) >= 11 is 1.58. The van der Waals surface area contributed by atoms with Gasteiger partial charge in [-0.3, -0.25) is 0 Å². The number of thiazole rings is 1. The number of hydrogen-bond acceptors (Lipinski definition) is 4. The summed E-state index contributed by atoms with van der Waals surface area (Å²) in [6.07, 6.45) is 5.03. The summed E-state index contributed by atoms with van der Waals surface area (Å²) in [5.41, 5.74) is 8.23. The number of para-hydroxylation sites is 1. The van der Waals surface area contributed by atoms with Crippen LogP contribution in [0, 0.1) is 11.8 Å². The molecule has 0 aliphatic heterocycles. The van der Waals surface area contributed by atoms with Crippen LogP contribution in [-0.2, 0) is 6.42 Å². The maximum absolute atomic E-state index is 5.90. The highest BCUT2D eigenvalue weighted by Gasteiger charge is 2.29. The lowest BCUT2D eigenvalue weighted by atomic mass is 9.95. The van der Waals surface area contributed by atoms with Crippen molar-refractivity contribution in [1.29, 1.82) is 0 Å². The van der Waals surface area contributed by atoms with Crippen molar-refractivity contribution in [2.24, 2.45) is 17.6 Å². The Kier molecular flexibility index (Phi) is 4.50. The van der Waals surface area contributed by atoms with Gasteiger partial charge < -0.3 is 10.5 Å². The second kappa shape index (κ2) is 6.91. The van der Waals surface area contributed by atoms with Gasteiger partial charge in [-0.05, 0) is 73.9 Å². The molecule has 4 heteroatoms. The number of rotatable bonds is 7. The molecule has 1 unspecified atom stereocenters. The molecular formula is C20H22N2OS. The first-order valence-corrected chi connectivity index (χ1v) is 9.46. The molecule has 3 nitrogen and oxygen atoms in total. The van der Waals surface area contributed by atoms with Gasteiger partial charge in [0, 0.05) is 0 Å². The van der Waals surface area contributed by atoms with E-state index < -0.39 is 0 Å². The molecule has 1 saturated carbocycles. The molecule has 1 aromatic heterocycles. The molecule has 1 heterocycles. The van der Waals surface area contributed by atoms with Crippen molar-refractivity contribution in [2.45, 2.75) is 25.7 Å². The molecule has 3 aromatic rings. The Hall–Kier alpha value is -1.91. The average molecular weight is 338 g/mol. The lowest BCUT2D eigenvalue weighted by molar-refractivity contribution is 0.439. The predicted molar refractivity (Wildman–Crippen MR) is 99.7 cm³/mol. The van der Waals surface area contributed by atoms with Gasteiger partial charge in [0.1, 0.15) is 5.75 Å². The summed E-state index contributed by atoms with van der Waals surface area (Å²) in [6.45, 7) is 0.823. The van der Waals surface area contributed by atoms with Crippen molar-refractivity contribution in [3.05, 3.63) is 54.1 Å². The second-order valence-corrected chi connectivity index (χ2v) is 7.56. The van der Waals surface area contributed by atoms with Crippen LogP contribution in [0.4, 0.5) is 0 Å². The number of fused-ring (bicyclic) bond motifs is 1. The molecule has 0 radical (unpaired) electrons. The van der Waals surface area contributed by atoms with Gasteiger partial charge in [0.15, 0.2) is 0 Å². The lowest BCUT2D eigenvalue weighted by Gasteiger charge is -2.13. The lowest BCUT2D eigenvalue weighted by Crippen LogP contribution is -2.17. The summed E-state index contributed by atoms with van der Waals surface area (Å²) in [6, 6.07) is 16.5. The Balaban J connectivity index is 1.38. The van der Waals surface area contributed by atoms with Crippen LogP contribution in [0.25, 0.3) is 10.2 Å². The minimum absolute atomic E-state index is 0.695. The fourth-order valence-corrected chi connectivity index (χ4v) is 4.02. The Bertz CT molecular complexity index is 775. The maximum atomic E-state index is 5.90. The molecule has 1 aliphatic rings. The molecule has 124 valence electrons. The third kappa shape index (κ3) is 3.60. The highest BCUT2D eigenvalue weighted by molar-refractivity contribution is 7.20. The summed E-state index contributed by atoms with van der Waals surface area (Å²) in [5, 5.41) is 0.695. The molecule has 2 N–H and O–H groups in total. The quantitative estimate of drug-likeness (QED) is 0.659. The highest BCUT2D eigenvalue weighted by Crippen LogP contribution is 2.38. The van der Waals surface area contributed by atoms with Gasteiger partial charge in [-0.2, -0.15) is 0 Å². The first-order valence-electron chi connectivity index (χ1n) is 8.64. The van der Waals surface area contributed by atoms with E-state index in [4.69, 9.17) is 10.5 Å². The molecule has 1 atom stereocenters. The van der Waals surface area contributed by atoms with Crippen molar-refractivity contribution in [2.75, 3.05) is 6.54 Å². The van der Waals surface area contributed by atoms with Crippen molar-refractivity contribution in [3.8, 4) is 10.9 Å².